The SMILES string of the molecule is COc1cc2c(cc1OC)C(=O)CC(=O)CC2. The summed E-state index contributed by atoms with van der Waals surface area (Å²) in [4.78, 5) is 23.3. The highest BCUT2D eigenvalue weighted by Gasteiger charge is 2.22. The zero-order valence-electron chi connectivity index (χ0n) is 9.91. The Bertz CT molecular complexity index is 477. The van der Waals surface area contributed by atoms with Crippen LogP contribution in [0.15, 0.2) is 12.1 Å². The van der Waals surface area contributed by atoms with Crippen molar-refractivity contribution < 1.29 is 19.1 Å². The molecule has 0 saturated carbocycles. The third-order valence-electron chi connectivity index (χ3n) is 2.94. The van der Waals surface area contributed by atoms with E-state index in [0.717, 1.165) is 5.56 Å². The number of carbonyl (C=O) groups is 2. The maximum atomic E-state index is 11.9. The lowest BCUT2D eigenvalue weighted by molar-refractivity contribution is -0.118. The summed E-state index contributed by atoms with van der Waals surface area (Å²) < 4.78 is 10.3. The largest absolute Gasteiger partial charge is 0.493 e. The number of fused-ring (bicyclic) bond motifs is 1. The molecule has 0 fully saturated rings. The molecule has 1 aliphatic carbocycles. The van der Waals surface area contributed by atoms with E-state index in [0.29, 0.717) is 29.9 Å². The Hall–Kier alpha value is -1.84. The van der Waals surface area contributed by atoms with Crippen LogP contribution in [0.3, 0.4) is 0 Å². The minimum Gasteiger partial charge on any atom is -0.493 e. The van der Waals surface area contributed by atoms with Gasteiger partial charge in [0.2, 0.25) is 0 Å². The number of aryl methyl sites for hydroxylation is 1. The van der Waals surface area contributed by atoms with Gasteiger partial charge in [0.05, 0.1) is 20.6 Å². The maximum Gasteiger partial charge on any atom is 0.170 e. The number of hydrogen-bond donors (Lipinski definition) is 0. The van der Waals surface area contributed by atoms with Crippen LogP contribution in [0.25, 0.3) is 0 Å². The van der Waals surface area contributed by atoms with Gasteiger partial charge in [0.1, 0.15) is 5.78 Å². The number of rotatable bonds is 2. The third kappa shape index (κ3) is 2.16. The van der Waals surface area contributed by atoms with E-state index in [9.17, 15) is 9.59 Å². The predicted molar refractivity (Wildman–Crippen MR) is 61.8 cm³/mol. The van der Waals surface area contributed by atoms with Gasteiger partial charge in [-0.15, -0.1) is 0 Å². The van der Waals surface area contributed by atoms with E-state index in [2.05, 4.69) is 0 Å². The number of benzene rings is 1. The number of hydrogen-bond acceptors (Lipinski definition) is 4. The van der Waals surface area contributed by atoms with Crippen LogP contribution in [-0.2, 0) is 11.2 Å². The smallest absolute Gasteiger partial charge is 0.170 e. The van der Waals surface area contributed by atoms with Crippen molar-refractivity contribution in [3.8, 4) is 11.5 Å². The zero-order valence-corrected chi connectivity index (χ0v) is 9.91. The summed E-state index contributed by atoms with van der Waals surface area (Å²) in [5.41, 5.74) is 1.44. The Labute approximate surface area is 99.5 Å². The van der Waals surface area contributed by atoms with Gasteiger partial charge in [0.15, 0.2) is 17.3 Å². The van der Waals surface area contributed by atoms with Crippen molar-refractivity contribution in [2.24, 2.45) is 0 Å². The molecular formula is C13H14O4. The van der Waals surface area contributed by atoms with Gasteiger partial charge in [-0.3, -0.25) is 9.59 Å². The molecule has 0 spiro atoms. The monoisotopic (exact) mass is 234 g/mol. The van der Waals surface area contributed by atoms with Gasteiger partial charge in [-0.2, -0.15) is 0 Å². The second-order valence-electron chi connectivity index (χ2n) is 4.00. The number of ether oxygens (including phenoxy) is 2. The van der Waals surface area contributed by atoms with Crippen LogP contribution >= 0.6 is 0 Å². The second kappa shape index (κ2) is 4.57. The maximum absolute atomic E-state index is 11.9. The van der Waals surface area contributed by atoms with Crippen molar-refractivity contribution in [1.82, 2.24) is 0 Å². The number of Topliss-reactive ketones (excluding diaryl/α,β-unsaturated/α-hetero) is 2. The molecule has 0 N–H and O–H groups in total. The summed E-state index contributed by atoms with van der Waals surface area (Å²) in [6, 6.07) is 3.44. The standard InChI is InChI=1S/C13H14O4/c1-16-12-5-8-3-4-9(14)6-11(15)10(8)7-13(12)17-2/h5,7H,3-4,6H2,1-2H3. The first-order valence-corrected chi connectivity index (χ1v) is 5.45. The molecule has 0 amide bonds. The van der Waals surface area contributed by atoms with E-state index in [1.807, 2.05) is 0 Å². The van der Waals surface area contributed by atoms with Crippen LogP contribution < -0.4 is 9.47 Å². The third-order valence-corrected chi connectivity index (χ3v) is 2.94. The first-order valence-electron chi connectivity index (χ1n) is 5.45. The van der Waals surface area contributed by atoms with E-state index < -0.39 is 0 Å². The van der Waals surface area contributed by atoms with Gasteiger partial charge in [-0.1, -0.05) is 0 Å². The molecule has 1 aromatic rings. The summed E-state index contributed by atoms with van der Waals surface area (Å²) in [6.07, 6.45) is 0.983. The fourth-order valence-corrected chi connectivity index (χ4v) is 2.02. The van der Waals surface area contributed by atoms with Gasteiger partial charge in [0.25, 0.3) is 0 Å². The molecular weight excluding hydrogens is 220 g/mol. The first-order chi connectivity index (χ1) is 8.15. The molecule has 0 unspecified atom stereocenters. The van der Waals surface area contributed by atoms with Gasteiger partial charge in [0, 0.05) is 12.0 Å². The topological polar surface area (TPSA) is 52.6 Å². The summed E-state index contributed by atoms with van der Waals surface area (Å²) in [6.45, 7) is 0. The molecule has 4 heteroatoms. The van der Waals surface area contributed by atoms with Crippen LogP contribution in [0.1, 0.15) is 28.8 Å². The fourth-order valence-electron chi connectivity index (χ4n) is 2.02. The van der Waals surface area contributed by atoms with Crippen molar-refractivity contribution >= 4 is 11.6 Å². The molecule has 2 rings (SSSR count). The van der Waals surface area contributed by atoms with E-state index in [-0.39, 0.29) is 18.0 Å². The lowest BCUT2D eigenvalue weighted by Crippen LogP contribution is -2.05. The first kappa shape index (κ1) is 11.6. The molecule has 0 atom stereocenters. The van der Waals surface area contributed by atoms with Crippen LogP contribution in [0, 0.1) is 0 Å². The summed E-state index contributed by atoms with van der Waals surface area (Å²) in [7, 11) is 3.07. The molecule has 1 aromatic carbocycles. The average molecular weight is 234 g/mol. The van der Waals surface area contributed by atoms with E-state index >= 15 is 0 Å². The fraction of sp³-hybridized carbons (Fsp3) is 0.385. The Kier molecular flexibility index (Phi) is 3.13. The Balaban J connectivity index is 2.52. The molecule has 4 nitrogen and oxygen atoms in total. The van der Waals surface area contributed by atoms with Gasteiger partial charge >= 0.3 is 0 Å². The van der Waals surface area contributed by atoms with E-state index in [1.54, 1.807) is 19.2 Å². The molecule has 0 saturated heterocycles. The van der Waals surface area contributed by atoms with Crippen molar-refractivity contribution in [2.75, 3.05) is 14.2 Å². The highest BCUT2D eigenvalue weighted by molar-refractivity contribution is 6.10. The Morgan fingerprint density at radius 3 is 2.29 bits per heavy atom. The number of methoxy groups -OCH3 is 2. The molecule has 0 aromatic heterocycles. The molecule has 17 heavy (non-hydrogen) atoms. The Morgan fingerprint density at radius 2 is 1.65 bits per heavy atom. The predicted octanol–water partition coefficient (Wildman–Crippen LogP) is 1.79. The van der Waals surface area contributed by atoms with Crippen LogP contribution in [0.4, 0.5) is 0 Å². The zero-order chi connectivity index (χ0) is 12.4. The summed E-state index contributed by atoms with van der Waals surface area (Å²) >= 11 is 0. The van der Waals surface area contributed by atoms with Crippen LogP contribution in [0.5, 0.6) is 11.5 Å². The highest BCUT2D eigenvalue weighted by atomic mass is 16.5. The molecule has 0 radical (unpaired) electrons. The lowest BCUT2D eigenvalue weighted by atomic mass is 10.0. The average Bonchev–Trinajstić information content (AvgIpc) is 2.47. The second-order valence-corrected chi connectivity index (χ2v) is 4.00. The molecule has 0 bridgehead atoms. The van der Waals surface area contributed by atoms with Crippen molar-refractivity contribution in [2.45, 2.75) is 19.3 Å². The van der Waals surface area contributed by atoms with Crippen LogP contribution in [-0.4, -0.2) is 25.8 Å². The normalized spacial score (nSPS) is 15.2. The van der Waals surface area contributed by atoms with Gasteiger partial charge in [-0.05, 0) is 24.1 Å². The van der Waals surface area contributed by atoms with Crippen molar-refractivity contribution in [1.29, 1.82) is 0 Å². The summed E-state index contributed by atoms with van der Waals surface area (Å²) in [5, 5.41) is 0. The van der Waals surface area contributed by atoms with Gasteiger partial charge in [-0.25, -0.2) is 0 Å². The molecule has 0 heterocycles. The number of carbonyl (C=O) groups excluding carboxylic acids is 2. The van der Waals surface area contributed by atoms with Crippen molar-refractivity contribution in [3.05, 3.63) is 23.3 Å². The Morgan fingerprint density at radius 1 is 1.00 bits per heavy atom. The van der Waals surface area contributed by atoms with E-state index in [1.165, 1.54) is 7.11 Å². The highest BCUT2D eigenvalue weighted by Crippen LogP contribution is 2.33. The molecule has 0 aliphatic heterocycles. The summed E-state index contributed by atoms with van der Waals surface area (Å²) in [5.74, 6) is 0.968. The number of ketones is 2. The van der Waals surface area contributed by atoms with Gasteiger partial charge < -0.3 is 9.47 Å². The van der Waals surface area contributed by atoms with Crippen molar-refractivity contribution in [3.63, 3.8) is 0 Å². The molecule has 1 aliphatic rings. The molecule has 90 valence electrons. The minimum absolute atomic E-state index is 0.0101. The minimum atomic E-state index is -0.136. The lowest BCUT2D eigenvalue weighted by Gasteiger charge is -2.11. The van der Waals surface area contributed by atoms with E-state index in [4.69, 9.17) is 9.47 Å². The van der Waals surface area contributed by atoms with Crippen LogP contribution in [0.2, 0.25) is 0 Å². The quantitative estimate of drug-likeness (QED) is 0.578.